The third kappa shape index (κ3) is 4.63. The van der Waals surface area contributed by atoms with E-state index in [1.165, 1.54) is 30.2 Å². The molecule has 0 aliphatic rings. The second kappa shape index (κ2) is 8.03. The number of hydrogen-bond acceptors (Lipinski definition) is 3. The van der Waals surface area contributed by atoms with Gasteiger partial charge < -0.3 is 5.32 Å². The van der Waals surface area contributed by atoms with Gasteiger partial charge >= 0.3 is 0 Å². The Morgan fingerprint density at radius 3 is 2.59 bits per heavy atom. The van der Waals surface area contributed by atoms with Crippen LogP contribution in [0.2, 0.25) is 0 Å². The van der Waals surface area contributed by atoms with Crippen molar-refractivity contribution in [2.75, 3.05) is 11.1 Å². The number of nitrogens with one attached hydrogen (secondary N) is 2. The average molecular weight is 317 g/mol. The number of carbonyl (C=O) groups is 1. The van der Waals surface area contributed by atoms with Crippen molar-refractivity contribution in [3.8, 4) is 0 Å². The van der Waals surface area contributed by atoms with Crippen molar-refractivity contribution in [1.29, 1.82) is 0 Å². The predicted molar refractivity (Wildman–Crippen MR) is 92.5 cm³/mol. The maximum Gasteiger partial charge on any atom is 0.234 e. The SMILES string of the molecule is CCCCc1ccc(NC(=O)CSc2c(C)n[nH]c2C)cc1. The minimum Gasteiger partial charge on any atom is -0.325 e. The highest BCUT2D eigenvalue weighted by molar-refractivity contribution is 8.00. The molecule has 22 heavy (non-hydrogen) atoms. The molecule has 2 rings (SSSR count). The summed E-state index contributed by atoms with van der Waals surface area (Å²) in [5.74, 6) is 0.394. The van der Waals surface area contributed by atoms with Crippen molar-refractivity contribution in [3.63, 3.8) is 0 Å². The Morgan fingerprint density at radius 2 is 2.00 bits per heavy atom. The summed E-state index contributed by atoms with van der Waals surface area (Å²) in [6, 6.07) is 8.12. The molecule has 0 aliphatic heterocycles. The molecule has 0 saturated heterocycles. The van der Waals surface area contributed by atoms with Gasteiger partial charge in [0.15, 0.2) is 0 Å². The van der Waals surface area contributed by atoms with Crippen molar-refractivity contribution < 1.29 is 4.79 Å². The molecule has 4 nitrogen and oxygen atoms in total. The monoisotopic (exact) mass is 317 g/mol. The Bertz CT molecular complexity index is 600. The molecule has 1 aromatic heterocycles. The van der Waals surface area contributed by atoms with E-state index in [1.54, 1.807) is 0 Å². The first-order chi connectivity index (χ1) is 10.6. The van der Waals surface area contributed by atoms with Crippen LogP contribution in [0.5, 0.6) is 0 Å². The number of H-pyrrole nitrogens is 1. The van der Waals surface area contributed by atoms with E-state index >= 15 is 0 Å². The van der Waals surface area contributed by atoms with Gasteiger partial charge in [0.25, 0.3) is 0 Å². The minimum absolute atomic E-state index is 0.00584. The standard InChI is InChI=1S/C17H23N3OS/c1-4-5-6-14-7-9-15(10-8-14)18-16(21)11-22-17-12(2)19-20-13(17)3/h7-10H,4-6,11H2,1-3H3,(H,18,21)(H,19,20). The molecular formula is C17H23N3OS. The average Bonchev–Trinajstić information content (AvgIpc) is 2.83. The molecule has 1 aromatic carbocycles. The Kier molecular flexibility index (Phi) is 6.07. The first-order valence-corrected chi connectivity index (χ1v) is 8.62. The van der Waals surface area contributed by atoms with Gasteiger partial charge in [-0.25, -0.2) is 0 Å². The summed E-state index contributed by atoms with van der Waals surface area (Å²) in [7, 11) is 0. The molecule has 0 aliphatic carbocycles. The predicted octanol–water partition coefficient (Wildman–Crippen LogP) is 4.10. The number of aryl methyl sites for hydroxylation is 3. The highest BCUT2D eigenvalue weighted by Crippen LogP contribution is 2.24. The highest BCUT2D eigenvalue weighted by atomic mass is 32.2. The number of rotatable bonds is 7. The van der Waals surface area contributed by atoms with Crippen LogP contribution in [0.25, 0.3) is 0 Å². The maximum atomic E-state index is 12.0. The molecule has 0 atom stereocenters. The maximum absolute atomic E-state index is 12.0. The molecule has 0 fully saturated rings. The third-order valence-electron chi connectivity index (χ3n) is 3.46. The van der Waals surface area contributed by atoms with Crippen LogP contribution >= 0.6 is 11.8 Å². The summed E-state index contributed by atoms with van der Waals surface area (Å²) in [6.45, 7) is 6.10. The quantitative estimate of drug-likeness (QED) is 0.756. The van der Waals surface area contributed by atoms with Gasteiger partial charge in [-0.1, -0.05) is 25.5 Å². The second-order valence-electron chi connectivity index (χ2n) is 5.40. The number of benzene rings is 1. The van der Waals surface area contributed by atoms with Crippen molar-refractivity contribution in [3.05, 3.63) is 41.2 Å². The van der Waals surface area contributed by atoms with Crippen LogP contribution in [-0.2, 0) is 11.2 Å². The van der Waals surface area contributed by atoms with Gasteiger partial charge in [-0.15, -0.1) is 11.8 Å². The van der Waals surface area contributed by atoms with Gasteiger partial charge in [0.05, 0.1) is 16.3 Å². The first kappa shape index (κ1) is 16.6. The van der Waals surface area contributed by atoms with Crippen LogP contribution in [0.4, 0.5) is 5.69 Å². The van der Waals surface area contributed by atoms with Crippen LogP contribution in [0, 0.1) is 13.8 Å². The fraction of sp³-hybridized carbons (Fsp3) is 0.412. The van der Waals surface area contributed by atoms with E-state index < -0.39 is 0 Å². The van der Waals surface area contributed by atoms with Crippen LogP contribution < -0.4 is 5.32 Å². The number of amides is 1. The zero-order valence-corrected chi connectivity index (χ0v) is 14.2. The van der Waals surface area contributed by atoms with Crippen molar-refractivity contribution in [2.24, 2.45) is 0 Å². The fourth-order valence-electron chi connectivity index (χ4n) is 2.22. The number of anilines is 1. The van der Waals surface area contributed by atoms with Gasteiger partial charge in [0.2, 0.25) is 5.91 Å². The van der Waals surface area contributed by atoms with E-state index in [9.17, 15) is 4.79 Å². The van der Waals surface area contributed by atoms with E-state index in [2.05, 4.69) is 34.6 Å². The molecule has 0 spiro atoms. The topological polar surface area (TPSA) is 57.8 Å². The molecule has 1 heterocycles. The van der Waals surface area contributed by atoms with Gasteiger partial charge in [-0.2, -0.15) is 5.10 Å². The number of unbranched alkanes of at least 4 members (excludes halogenated alkanes) is 1. The molecule has 0 radical (unpaired) electrons. The minimum atomic E-state index is 0.00584. The summed E-state index contributed by atoms with van der Waals surface area (Å²) < 4.78 is 0. The molecule has 0 unspecified atom stereocenters. The van der Waals surface area contributed by atoms with Crippen molar-refractivity contribution in [2.45, 2.75) is 44.9 Å². The van der Waals surface area contributed by atoms with E-state index in [0.29, 0.717) is 5.75 Å². The Labute approximate surface area is 136 Å². The summed E-state index contributed by atoms with van der Waals surface area (Å²) in [4.78, 5) is 13.1. The lowest BCUT2D eigenvalue weighted by molar-refractivity contribution is -0.113. The lowest BCUT2D eigenvalue weighted by Crippen LogP contribution is -2.14. The Hall–Kier alpha value is -1.75. The van der Waals surface area contributed by atoms with Crippen LogP contribution in [-0.4, -0.2) is 21.9 Å². The van der Waals surface area contributed by atoms with Gasteiger partial charge in [0, 0.05) is 11.4 Å². The van der Waals surface area contributed by atoms with E-state index in [0.717, 1.165) is 28.4 Å². The van der Waals surface area contributed by atoms with Crippen molar-refractivity contribution >= 4 is 23.4 Å². The molecule has 5 heteroatoms. The van der Waals surface area contributed by atoms with Crippen molar-refractivity contribution in [1.82, 2.24) is 10.2 Å². The summed E-state index contributed by atoms with van der Waals surface area (Å²) in [6.07, 6.45) is 3.49. The Balaban J connectivity index is 1.84. The second-order valence-corrected chi connectivity index (χ2v) is 6.39. The zero-order valence-electron chi connectivity index (χ0n) is 13.4. The van der Waals surface area contributed by atoms with Crippen LogP contribution in [0.15, 0.2) is 29.2 Å². The van der Waals surface area contributed by atoms with Gasteiger partial charge in [-0.05, 0) is 44.4 Å². The smallest absolute Gasteiger partial charge is 0.234 e. The number of hydrogen-bond donors (Lipinski definition) is 2. The third-order valence-corrected chi connectivity index (χ3v) is 4.76. The number of aromatic amines is 1. The normalized spacial score (nSPS) is 10.7. The highest BCUT2D eigenvalue weighted by Gasteiger charge is 2.10. The van der Waals surface area contributed by atoms with Gasteiger partial charge in [0.1, 0.15) is 0 Å². The molecule has 0 bridgehead atoms. The number of carbonyl (C=O) groups excluding carboxylic acids is 1. The molecule has 1 amide bonds. The molecule has 0 saturated carbocycles. The van der Waals surface area contributed by atoms with Gasteiger partial charge in [-0.3, -0.25) is 9.89 Å². The number of aromatic nitrogens is 2. The number of thioether (sulfide) groups is 1. The van der Waals surface area contributed by atoms with E-state index in [4.69, 9.17) is 0 Å². The number of nitrogens with zero attached hydrogens (tertiary/aromatic N) is 1. The van der Waals surface area contributed by atoms with Crippen LogP contribution in [0.1, 0.15) is 36.7 Å². The van der Waals surface area contributed by atoms with E-state index in [-0.39, 0.29) is 5.91 Å². The fourth-order valence-corrected chi connectivity index (χ4v) is 3.09. The Morgan fingerprint density at radius 1 is 1.27 bits per heavy atom. The molecule has 118 valence electrons. The summed E-state index contributed by atoms with van der Waals surface area (Å²) in [5.41, 5.74) is 4.12. The molecule has 2 N–H and O–H groups in total. The lowest BCUT2D eigenvalue weighted by atomic mass is 10.1. The zero-order chi connectivity index (χ0) is 15.9. The summed E-state index contributed by atoms with van der Waals surface area (Å²) >= 11 is 1.52. The molecular weight excluding hydrogens is 294 g/mol. The first-order valence-electron chi connectivity index (χ1n) is 7.63. The summed E-state index contributed by atoms with van der Waals surface area (Å²) in [5, 5.41) is 10.0. The molecule has 2 aromatic rings. The largest absolute Gasteiger partial charge is 0.325 e. The van der Waals surface area contributed by atoms with Crippen LogP contribution in [0.3, 0.4) is 0 Å². The lowest BCUT2D eigenvalue weighted by Gasteiger charge is -2.07. The van der Waals surface area contributed by atoms with E-state index in [1.807, 2.05) is 26.0 Å².